The normalized spacial score (nSPS) is 43.7. The lowest BCUT2D eigenvalue weighted by molar-refractivity contribution is 0.239. The highest BCUT2D eigenvalue weighted by Gasteiger charge is 2.33. The summed E-state index contributed by atoms with van der Waals surface area (Å²) in [4.78, 5) is 2.50. The summed E-state index contributed by atoms with van der Waals surface area (Å²) in [5.41, 5.74) is 0. The van der Waals surface area contributed by atoms with Gasteiger partial charge in [-0.1, -0.05) is 0 Å². The van der Waals surface area contributed by atoms with Gasteiger partial charge in [0, 0.05) is 12.1 Å². The molecular weight excluding hydrogens is 110 g/mol. The zero-order valence-corrected chi connectivity index (χ0v) is 5.88. The quantitative estimate of drug-likeness (QED) is 0.468. The average molecular weight is 123 g/mol. The molecule has 0 aromatic carbocycles. The van der Waals surface area contributed by atoms with Crippen LogP contribution in [-0.4, -0.2) is 24.0 Å². The van der Waals surface area contributed by atoms with Crippen molar-refractivity contribution in [1.29, 1.82) is 0 Å². The van der Waals surface area contributed by atoms with Crippen molar-refractivity contribution in [3.05, 3.63) is 12.8 Å². The smallest absolute Gasteiger partial charge is 0.0130 e. The molecule has 2 fully saturated rings. The van der Waals surface area contributed by atoms with E-state index in [1.165, 1.54) is 19.3 Å². The highest BCUT2D eigenvalue weighted by atomic mass is 15.2. The highest BCUT2D eigenvalue weighted by Crippen LogP contribution is 2.32. The van der Waals surface area contributed by atoms with E-state index in [0.717, 1.165) is 12.1 Å². The van der Waals surface area contributed by atoms with E-state index >= 15 is 0 Å². The topological polar surface area (TPSA) is 3.24 Å². The average Bonchev–Trinajstić information content (AvgIpc) is 2.19. The summed E-state index contributed by atoms with van der Waals surface area (Å²) in [6, 6.07) is 1.66. The van der Waals surface area contributed by atoms with Gasteiger partial charge < -0.3 is 4.90 Å². The summed E-state index contributed by atoms with van der Waals surface area (Å²) in [5.74, 6) is 0. The fourth-order valence-electron chi connectivity index (χ4n) is 1.95. The molecule has 0 spiro atoms. The minimum atomic E-state index is 0.781. The molecule has 0 N–H and O–H groups in total. The van der Waals surface area contributed by atoms with Gasteiger partial charge in [0.05, 0.1) is 0 Å². The van der Waals surface area contributed by atoms with Gasteiger partial charge in [0.2, 0.25) is 0 Å². The maximum atomic E-state index is 2.50. The Morgan fingerprint density at radius 2 is 2.33 bits per heavy atom. The van der Waals surface area contributed by atoms with Gasteiger partial charge in [0.25, 0.3) is 0 Å². The minimum Gasteiger partial charge on any atom is -0.300 e. The number of piperidine rings is 1. The molecule has 0 aliphatic carbocycles. The first-order valence-corrected chi connectivity index (χ1v) is 3.76. The van der Waals surface area contributed by atoms with Crippen LogP contribution in [0.15, 0.2) is 0 Å². The van der Waals surface area contributed by atoms with Gasteiger partial charge in [-0.15, -0.1) is 0 Å². The first-order chi connectivity index (χ1) is 4.38. The van der Waals surface area contributed by atoms with Gasteiger partial charge in [0.1, 0.15) is 0 Å². The molecule has 0 amide bonds. The third-order valence-electron chi connectivity index (χ3n) is 2.66. The molecule has 2 bridgehead atoms. The maximum absolute atomic E-state index is 2.50. The van der Waals surface area contributed by atoms with Crippen molar-refractivity contribution in [2.75, 3.05) is 7.05 Å². The van der Waals surface area contributed by atoms with Crippen molar-refractivity contribution in [1.82, 2.24) is 4.90 Å². The highest BCUT2D eigenvalue weighted by molar-refractivity contribution is 5.07. The first kappa shape index (κ1) is 5.72. The van der Waals surface area contributed by atoms with Crippen LogP contribution in [0.3, 0.4) is 0 Å². The number of fused-ring (bicyclic) bond motifs is 2. The van der Waals surface area contributed by atoms with Crippen molar-refractivity contribution in [2.24, 2.45) is 0 Å². The molecule has 0 aromatic rings. The van der Waals surface area contributed by atoms with Crippen LogP contribution >= 0.6 is 0 Å². The molecule has 1 nitrogen and oxygen atoms in total. The van der Waals surface area contributed by atoms with E-state index in [-0.39, 0.29) is 0 Å². The van der Waals surface area contributed by atoms with Crippen LogP contribution < -0.4 is 0 Å². The molecule has 50 valence electrons. The number of rotatable bonds is 0. The lowest BCUT2D eigenvalue weighted by Gasteiger charge is -2.30. The summed E-state index contributed by atoms with van der Waals surface area (Å²) < 4.78 is 0. The summed E-state index contributed by atoms with van der Waals surface area (Å²) in [6.45, 7) is 0. The van der Waals surface area contributed by atoms with Gasteiger partial charge in [-0.05, 0) is 39.2 Å². The lowest BCUT2D eigenvalue weighted by Crippen LogP contribution is -2.36. The Bertz CT molecular complexity index is 95.1. The molecule has 2 atom stereocenters. The first-order valence-electron chi connectivity index (χ1n) is 3.76. The second-order valence-electron chi connectivity index (χ2n) is 3.13. The molecule has 2 radical (unpaired) electrons. The minimum absolute atomic E-state index is 0.781. The molecule has 9 heavy (non-hydrogen) atoms. The Morgan fingerprint density at radius 1 is 1.44 bits per heavy atom. The van der Waals surface area contributed by atoms with Crippen LogP contribution in [0.1, 0.15) is 19.3 Å². The Kier molecular flexibility index (Phi) is 1.26. The molecule has 2 rings (SSSR count). The van der Waals surface area contributed by atoms with Gasteiger partial charge in [0.15, 0.2) is 0 Å². The van der Waals surface area contributed by atoms with Gasteiger partial charge in [-0.25, -0.2) is 0 Å². The standard InChI is InChI=1S/C8H13N/c1-9-7-3-2-4-8(9)6-5-7/h2-3,7-8H,4-6H2,1H3. The van der Waals surface area contributed by atoms with E-state index < -0.39 is 0 Å². The molecule has 2 unspecified atom stereocenters. The van der Waals surface area contributed by atoms with E-state index in [2.05, 4.69) is 24.8 Å². The van der Waals surface area contributed by atoms with Gasteiger partial charge in [-0.2, -0.15) is 0 Å². The Labute approximate surface area is 57.0 Å². The summed E-state index contributed by atoms with van der Waals surface area (Å²) in [5, 5.41) is 0. The second kappa shape index (κ2) is 1.98. The van der Waals surface area contributed by atoms with Crippen LogP contribution in [0.25, 0.3) is 0 Å². The van der Waals surface area contributed by atoms with Gasteiger partial charge >= 0.3 is 0 Å². The van der Waals surface area contributed by atoms with E-state index in [4.69, 9.17) is 0 Å². The Balaban J connectivity index is 2.10. The van der Waals surface area contributed by atoms with Crippen LogP contribution in [0, 0.1) is 12.8 Å². The number of hydrogen-bond acceptors (Lipinski definition) is 1. The predicted molar refractivity (Wildman–Crippen MR) is 37.8 cm³/mol. The molecular formula is C8H13N. The zero-order chi connectivity index (χ0) is 6.27. The fraction of sp³-hybridized carbons (Fsp3) is 0.750. The van der Waals surface area contributed by atoms with Gasteiger partial charge in [-0.3, -0.25) is 0 Å². The third kappa shape index (κ3) is 0.787. The zero-order valence-electron chi connectivity index (χ0n) is 5.88. The molecule has 2 aliphatic heterocycles. The summed E-state index contributed by atoms with van der Waals surface area (Å²) >= 11 is 0. The third-order valence-corrected chi connectivity index (χ3v) is 2.66. The monoisotopic (exact) mass is 123 g/mol. The summed E-state index contributed by atoms with van der Waals surface area (Å²) in [7, 11) is 2.24. The van der Waals surface area contributed by atoms with Crippen LogP contribution in [-0.2, 0) is 0 Å². The summed E-state index contributed by atoms with van der Waals surface area (Å²) in [6.07, 6.45) is 8.77. The van der Waals surface area contributed by atoms with Crippen LogP contribution in [0.4, 0.5) is 0 Å². The van der Waals surface area contributed by atoms with E-state index in [1.807, 2.05) is 0 Å². The van der Waals surface area contributed by atoms with Crippen molar-refractivity contribution >= 4 is 0 Å². The lowest BCUT2D eigenvalue weighted by atomic mass is 10.0. The molecule has 0 aromatic heterocycles. The number of hydrogen-bond donors (Lipinski definition) is 0. The number of nitrogens with zero attached hydrogens (tertiary/aromatic N) is 1. The molecule has 2 heterocycles. The molecule has 2 saturated heterocycles. The van der Waals surface area contributed by atoms with Crippen molar-refractivity contribution < 1.29 is 0 Å². The Hall–Kier alpha value is -0.0400. The second-order valence-corrected chi connectivity index (χ2v) is 3.13. The molecule has 0 saturated carbocycles. The van der Waals surface area contributed by atoms with Crippen molar-refractivity contribution in [2.45, 2.75) is 31.3 Å². The van der Waals surface area contributed by atoms with E-state index in [9.17, 15) is 0 Å². The van der Waals surface area contributed by atoms with Crippen molar-refractivity contribution in [3.63, 3.8) is 0 Å². The molecule has 1 heteroatoms. The molecule has 2 aliphatic rings. The largest absolute Gasteiger partial charge is 0.300 e. The Morgan fingerprint density at radius 3 is 3.00 bits per heavy atom. The van der Waals surface area contributed by atoms with Crippen LogP contribution in [0.5, 0.6) is 0 Å². The SMILES string of the molecule is CN1C2[CH][CH]CC1CC2. The van der Waals surface area contributed by atoms with E-state index in [0.29, 0.717) is 0 Å². The predicted octanol–water partition coefficient (Wildman–Crippen LogP) is 1.26. The van der Waals surface area contributed by atoms with E-state index in [1.54, 1.807) is 0 Å². The maximum Gasteiger partial charge on any atom is 0.0130 e. The van der Waals surface area contributed by atoms with Crippen molar-refractivity contribution in [3.8, 4) is 0 Å². The van der Waals surface area contributed by atoms with Crippen LogP contribution in [0.2, 0.25) is 0 Å². The fourth-order valence-corrected chi connectivity index (χ4v) is 1.95.